The smallest absolute Gasteiger partial charge is 0.261 e. The molecule has 0 unspecified atom stereocenters. The average Bonchev–Trinajstić information content (AvgIpc) is 2.85. The third-order valence-electron chi connectivity index (χ3n) is 5.62. The minimum atomic E-state index is -0.706. The average molecular weight is 479 g/mol. The van der Waals surface area contributed by atoms with Gasteiger partial charge in [-0.15, -0.1) is 0 Å². The second kappa shape index (κ2) is 12.8. The summed E-state index contributed by atoms with van der Waals surface area (Å²) in [7, 11) is 0. The Balaban J connectivity index is 1.91. The highest BCUT2D eigenvalue weighted by Crippen LogP contribution is 2.18. The van der Waals surface area contributed by atoms with E-state index in [4.69, 9.17) is 16.3 Å². The number of para-hydroxylation sites is 1. The minimum absolute atomic E-state index is 0.00513. The number of amides is 2. The first-order chi connectivity index (χ1) is 16.5. The van der Waals surface area contributed by atoms with E-state index in [1.165, 1.54) is 0 Å². The summed E-state index contributed by atoms with van der Waals surface area (Å²) in [5.41, 5.74) is 1.81. The van der Waals surface area contributed by atoms with Gasteiger partial charge < -0.3 is 15.0 Å². The highest BCUT2D eigenvalue weighted by molar-refractivity contribution is 6.30. The van der Waals surface area contributed by atoms with Gasteiger partial charge in [-0.25, -0.2) is 0 Å². The van der Waals surface area contributed by atoms with Crippen molar-refractivity contribution in [3.05, 3.63) is 101 Å². The summed E-state index contributed by atoms with van der Waals surface area (Å²) in [6.07, 6.45) is 1.18. The van der Waals surface area contributed by atoms with Crippen molar-refractivity contribution in [1.29, 1.82) is 0 Å². The molecule has 0 heterocycles. The molecule has 0 spiro atoms. The lowest BCUT2D eigenvalue weighted by atomic mass is 10.0. The van der Waals surface area contributed by atoms with Crippen molar-refractivity contribution in [3.8, 4) is 5.75 Å². The fourth-order valence-electron chi connectivity index (χ4n) is 3.57. The van der Waals surface area contributed by atoms with Crippen LogP contribution in [0.25, 0.3) is 0 Å². The Morgan fingerprint density at radius 1 is 0.941 bits per heavy atom. The molecule has 0 aliphatic carbocycles. The van der Waals surface area contributed by atoms with Crippen molar-refractivity contribution >= 4 is 23.4 Å². The molecule has 0 fully saturated rings. The van der Waals surface area contributed by atoms with E-state index in [1.54, 1.807) is 23.1 Å². The molecule has 6 heteroatoms. The lowest BCUT2D eigenvalue weighted by molar-refractivity contribution is -0.143. The van der Waals surface area contributed by atoms with Crippen LogP contribution in [0.1, 0.15) is 31.4 Å². The van der Waals surface area contributed by atoms with Crippen molar-refractivity contribution in [2.75, 3.05) is 6.61 Å². The number of carbonyl (C=O) groups excluding carboxylic acids is 2. The third kappa shape index (κ3) is 7.63. The number of nitrogens with zero attached hydrogens (tertiary/aromatic N) is 1. The standard InChI is InChI=1S/C28H31ClN2O3/c1-3-21(2)30-28(33)26(18-22-11-6-4-7-12-22)31(19-23-13-10-14-24(29)17-23)27(32)20-34-25-15-8-5-9-16-25/h4-17,21,26H,3,18-20H2,1-2H3,(H,30,33)/t21-,26-/m1/s1. The fourth-order valence-corrected chi connectivity index (χ4v) is 3.78. The Morgan fingerprint density at radius 2 is 1.59 bits per heavy atom. The van der Waals surface area contributed by atoms with E-state index >= 15 is 0 Å². The molecular weight excluding hydrogens is 448 g/mol. The van der Waals surface area contributed by atoms with E-state index in [0.717, 1.165) is 17.5 Å². The topological polar surface area (TPSA) is 58.6 Å². The van der Waals surface area contributed by atoms with E-state index in [-0.39, 0.29) is 31.0 Å². The highest BCUT2D eigenvalue weighted by Gasteiger charge is 2.31. The number of hydrogen-bond donors (Lipinski definition) is 1. The quantitative estimate of drug-likeness (QED) is 0.408. The number of benzene rings is 3. The first-order valence-electron chi connectivity index (χ1n) is 11.5. The first-order valence-corrected chi connectivity index (χ1v) is 11.9. The molecule has 0 saturated heterocycles. The Morgan fingerprint density at radius 3 is 2.24 bits per heavy atom. The van der Waals surface area contributed by atoms with Crippen LogP contribution in [0.4, 0.5) is 0 Å². The monoisotopic (exact) mass is 478 g/mol. The van der Waals surface area contributed by atoms with Crippen molar-refractivity contribution in [1.82, 2.24) is 10.2 Å². The Labute approximate surface area is 206 Å². The zero-order valence-corrected chi connectivity index (χ0v) is 20.4. The fraction of sp³-hybridized carbons (Fsp3) is 0.286. The molecule has 178 valence electrons. The van der Waals surface area contributed by atoms with Gasteiger partial charge in [0.05, 0.1) is 0 Å². The van der Waals surface area contributed by atoms with Crippen molar-refractivity contribution in [2.24, 2.45) is 0 Å². The maximum Gasteiger partial charge on any atom is 0.261 e. The van der Waals surface area contributed by atoms with Gasteiger partial charge in [-0.3, -0.25) is 9.59 Å². The molecule has 0 bridgehead atoms. The summed E-state index contributed by atoms with van der Waals surface area (Å²) in [5.74, 6) is 0.138. The second-order valence-corrected chi connectivity index (χ2v) is 8.71. The lowest BCUT2D eigenvalue weighted by Gasteiger charge is -2.32. The molecule has 0 aliphatic rings. The number of ether oxygens (including phenoxy) is 1. The predicted octanol–water partition coefficient (Wildman–Crippen LogP) is 5.27. The van der Waals surface area contributed by atoms with Gasteiger partial charge in [-0.1, -0.05) is 79.2 Å². The van der Waals surface area contributed by atoms with Crippen LogP contribution < -0.4 is 10.1 Å². The maximum atomic E-state index is 13.5. The molecule has 2 amide bonds. The maximum absolute atomic E-state index is 13.5. The SMILES string of the molecule is CC[C@@H](C)NC(=O)[C@@H](Cc1ccccc1)N(Cc1cccc(Cl)c1)C(=O)COc1ccccc1. The molecule has 0 aromatic heterocycles. The number of carbonyl (C=O) groups is 2. The number of hydrogen-bond acceptors (Lipinski definition) is 3. The zero-order chi connectivity index (χ0) is 24.3. The summed E-state index contributed by atoms with van der Waals surface area (Å²) < 4.78 is 5.74. The highest BCUT2D eigenvalue weighted by atomic mass is 35.5. The van der Waals surface area contributed by atoms with E-state index in [9.17, 15) is 9.59 Å². The van der Waals surface area contributed by atoms with Crippen LogP contribution in [-0.2, 0) is 22.6 Å². The molecule has 34 heavy (non-hydrogen) atoms. The van der Waals surface area contributed by atoms with Crippen LogP contribution >= 0.6 is 11.6 Å². The molecule has 3 aromatic rings. The van der Waals surface area contributed by atoms with Crippen LogP contribution in [0, 0.1) is 0 Å². The van der Waals surface area contributed by atoms with Gasteiger partial charge in [0.25, 0.3) is 5.91 Å². The van der Waals surface area contributed by atoms with E-state index in [2.05, 4.69) is 5.32 Å². The Hall–Kier alpha value is -3.31. The molecule has 3 aromatic carbocycles. The van der Waals surface area contributed by atoms with Gasteiger partial charge in [-0.05, 0) is 48.7 Å². The van der Waals surface area contributed by atoms with Crippen LogP contribution in [0.15, 0.2) is 84.9 Å². The van der Waals surface area contributed by atoms with E-state index in [0.29, 0.717) is 17.2 Å². The van der Waals surface area contributed by atoms with Gasteiger partial charge in [0.1, 0.15) is 11.8 Å². The minimum Gasteiger partial charge on any atom is -0.484 e. The van der Waals surface area contributed by atoms with Crippen molar-refractivity contribution < 1.29 is 14.3 Å². The predicted molar refractivity (Wildman–Crippen MR) is 136 cm³/mol. The molecule has 0 saturated carbocycles. The van der Waals surface area contributed by atoms with Gasteiger partial charge in [0, 0.05) is 24.0 Å². The molecule has 5 nitrogen and oxygen atoms in total. The normalized spacial score (nSPS) is 12.4. The molecule has 3 rings (SSSR count). The van der Waals surface area contributed by atoms with Crippen molar-refractivity contribution in [3.63, 3.8) is 0 Å². The Bertz CT molecular complexity index is 1060. The van der Waals surface area contributed by atoms with E-state index in [1.807, 2.05) is 80.6 Å². The molecular formula is C28H31ClN2O3. The number of nitrogens with one attached hydrogen (secondary N) is 1. The molecule has 0 radical (unpaired) electrons. The summed E-state index contributed by atoms with van der Waals surface area (Å²) >= 11 is 6.20. The zero-order valence-electron chi connectivity index (χ0n) is 19.6. The van der Waals surface area contributed by atoms with Crippen LogP contribution in [0.2, 0.25) is 5.02 Å². The van der Waals surface area contributed by atoms with E-state index < -0.39 is 6.04 Å². The summed E-state index contributed by atoms with van der Waals surface area (Å²) in [6.45, 7) is 4.04. The number of halogens is 1. The summed E-state index contributed by atoms with van der Waals surface area (Å²) in [5, 5.41) is 3.63. The number of rotatable bonds is 11. The summed E-state index contributed by atoms with van der Waals surface area (Å²) in [6, 6.07) is 25.5. The second-order valence-electron chi connectivity index (χ2n) is 8.28. The van der Waals surface area contributed by atoms with Crippen LogP contribution in [0.3, 0.4) is 0 Å². The largest absolute Gasteiger partial charge is 0.484 e. The van der Waals surface area contributed by atoms with Gasteiger partial charge in [-0.2, -0.15) is 0 Å². The van der Waals surface area contributed by atoms with Gasteiger partial charge in [0.15, 0.2) is 6.61 Å². The molecule has 0 aliphatic heterocycles. The van der Waals surface area contributed by atoms with Crippen molar-refractivity contribution in [2.45, 2.75) is 45.3 Å². The molecule has 1 N–H and O–H groups in total. The molecule has 2 atom stereocenters. The van der Waals surface area contributed by atoms with Gasteiger partial charge in [0.2, 0.25) is 5.91 Å². The lowest BCUT2D eigenvalue weighted by Crippen LogP contribution is -2.53. The van der Waals surface area contributed by atoms with Crippen LogP contribution in [-0.4, -0.2) is 35.4 Å². The first kappa shape index (κ1) is 25.3. The third-order valence-corrected chi connectivity index (χ3v) is 5.85. The Kier molecular flexibility index (Phi) is 9.53. The van der Waals surface area contributed by atoms with Crippen LogP contribution in [0.5, 0.6) is 5.75 Å². The summed E-state index contributed by atoms with van der Waals surface area (Å²) in [4.78, 5) is 28.5. The van der Waals surface area contributed by atoms with Gasteiger partial charge >= 0.3 is 0 Å².